The lowest BCUT2D eigenvalue weighted by atomic mass is 10.1. The Labute approximate surface area is 206 Å². The summed E-state index contributed by atoms with van der Waals surface area (Å²) in [6.07, 6.45) is 1.47. The molecule has 0 aliphatic heterocycles. The van der Waals surface area contributed by atoms with Crippen molar-refractivity contribution in [3.8, 4) is 17.2 Å². The Kier molecular flexibility index (Phi) is 7.21. The first-order chi connectivity index (χ1) is 16.4. The van der Waals surface area contributed by atoms with E-state index in [2.05, 4.69) is 10.5 Å². The normalized spacial score (nSPS) is 11.0. The predicted molar refractivity (Wildman–Crippen MR) is 134 cm³/mol. The van der Waals surface area contributed by atoms with Crippen LogP contribution in [-0.2, 0) is 6.61 Å². The van der Waals surface area contributed by atoms with E-state index in [1.807, 2.05) is 24.3 Å². The SMILES string of the molecule is COc1cc(C=NNC(=O)c2cc3ccccc3cc2O)ccc1OCc1ccc(Cl)cc1Cl. The molecule has 0 spiro atoms. The summed E-state index contributed by atoms with van der Waals surface area (Å²) < 4.78 is 11.3. The molecule has 172 valence electrons. The molecule has 0 aromatic heterocycles. The van der Waals surface area contributed by atoms with Crippen molar-refractivity contribution < 1.29 is 19.4 Å². The molecule has 0 bridgehead atoms. The molecule has 6 nitrogen and oxygen atoms in total. The largest absolute Gasteiger partial charge is 0.507 e. The van der Waals surface area contributed by atoms with E-state index in [1.165, 1.54) is 13.3 Å². The molecule has 4 aromatic rings. The third-order valence-electron chi connectivity index (χ3n) is 5.07. The Balaban J connectivity index is 1.43. The number of fused-ring (bicyclic) bond motifs is 1. The Bertz CT molecular complexity index is 1390. The smallest absolute Gasteiger partial charge is 0.275 e. The molecule has 1 amide bonds. The summed E-state index contributed by atoms with van der Waals surface area (Å²) in [5.41, 5.74) is 4.04. The highest BCUT2D eigenvalue weighted by Crippen LogP contribution is 2.30. The predicted octanol–water partition coefficient (Wildman–Crippen LogP) is 6.20. The molecule has 0 aliphatic rings. The summed E-state index contributed by atoms with van der Waals surface area (Å²) in [6.45, 7) is 0.241. The number of phenolic OH excluding ortho intramolecular Hbond substituents is 1. The Morgan fingerprint density at radius 3 is 2.50 bits per heavy atom. The van der Waals surface area contributed by atoms with Crippen molar-refractivity contribution in [2.45, 2.75) is 6.61 Å². The van der Waals surface area contributed by atoms with Crippen molar-refractivity contribution in [1.29, 1.82) is 0 Å². The molecule has 34 heavy (non-hydrogen) atoms. The summed E-state index contributed by atoms with van der Waals surface area (Å²) in [5, 5.41) is 16.9. The lowest BCUT2D eigenvalue weighted by molar-refractivity contribution is 0.0952. The quantitative estimate of drug-likeness (QED) is 0.236. The van der Waals surface area contributed by atoms with E-state index in [-0.39, 0.29) is 17.9 Å². The third-order valence-corrected chi connectivity index (χ3v) is 5.66. The fourth-order valence-electron chi connectivity index (χ4n) is 3.31. The van der Waals surface area contributed by atoms with Gasteiger partial charge in [-0.2, -0.15) is 5.10 Å². The van der Waals surface area contributed by atoms with Gasteiger partial charge in [0.25, 0.3) is 5.91 Å². The average Bonchev–Trinajstić information content (AvgIpc) is 2.83. The van der Waals surface area contributed by atoms with Gasteiger partial charge in [-0.1, -0.05) is 53.5 Å². The van der Waals surface area contributed by atoms with Gasteiger partial charge in [0, 0.05) is 15.6 Å². The molecule has 8 heteroatoms. The number of benzene rings is 4. The number of hydrogen-bond donors (Lipinski definition) is 2. The van der Waals surface area contributed by atoms with Gasteiger partial charge in [0.1, 0.15) is 12.4 Å². The zero-order valence-electron chi connectivity index (χ0n) is 18.1. The number of carbonyl (C=O) groups excluding carboxylic acids is 1. The molecule has 0 radical (unpaired) electrons. The fourth-order valence-corrected chi connectivity index (χ4v) is 3.78. The highest BCUT2D eigenvalue weighted by Gasteiger charge is 2.12. The van der Waals surface area contributed by atoms with Crippen molar-refractivity contribution >= 4 is 46.1 Å². The average molecular weight is 495 g/mol. The van der Waals surface area contributed by atoms with Gasteiger partial charge >= 0.3 is 0 Å². The molecule has 0 atom stereocenters. The van der Waals surface area contributed by atoms with E-state index in [0.717, 1.165) is 16.3 Å². The molecular formula is C26H20Cl2N2O4. The number of rotatable bonds is 7. The Hall–Kier alpha value is -3.74. The number of hydrazone groups is 1. The third kappa shape index (κ3) is 5.42. The highest BCUT2D eigenvalue weighted by atomic mass is 35.5. The number of ether oxygens (including phenoxy) is 2. The number of phenols is 1. The first kappa shape index (κ1) is 23.4. The van der Waals surface area contributed by atoms with Crippen LogP contribution in [0.2, 0.25) is 10.0 Å². The minimum absolute atomic E-state index is 0.115. The van der Waals surface area contributed by atoms with Crippen LogP contribution in [0.4, 0.5) is 0 Å². The second kappa shape index (κ2) is 10.5. The van der Waals surface area contributed by atoms with Crippen LogP contribution in [0.5, 0.6) is 17.2 Å². The van der Waals surface area contributed by atoms with Crippen LogP contribution in [0, 0.1) is 0 Å². The van der Waals surface area contributed by atoms with E-state index >= 15 is 0 Å². The lowest BCUT2D eigenvalue weighted by Gasteiger charge is -2.12. The van der Waals surface area contributed by atoms with E-state index in [9.17, 15) is 9.90 Å². The molecule has 0 unspecified atom stereocenters. The topological polar surface area (TPSA) is 80.2 Å². The number of aromatic hydroxyl groups is 1. The van der Waals surface area contributed by atoms with E-state index < -0.39 is 5.91 Å². The maximum Gasteiger partial charge on any atom is 0.275 e. The van der Waals surface area contributed by atoms with Crippen LogP contribution in [0.1, 0.15) is 21.5 Å². The van der Waals surface area contributed by atoms with Crippen molar-refractivity contribution in [2.24, 2.45) is 5.10 Å². The van der Waals surface area contributed by atoms with Crippen molar-refractivity contribution in [1.82, 2.24) is 5.43 Å². The number of nitrogens with one attached hydrogen (secondary N) is 1. The van der Waals surface area contributed by atoms with Gasteiger partial charge in [0.05, 0.1) is 18.9 Å². The number of amides is 1. The van der Waals surface area contributed by atoms with Crippen molar-refractivity contribution in [2.75, 3.05) is 7.11 Å². The molecule has 0 saturated carbocycles. The maximum absolute atomic E-state index is 12.5. The van der Waals surface area contributed by atoms with Crippen LogP contribution in [0.15, 0.2) is 77.9 Å². The summed E-state index contributed by atoms with van der Waals surface area (Å²) in [5.74, 6) is 0.380. The molecule has 0 aliphatic carbocycles. The van der Waals surface area contributed by atoms with Gasteiger partial charge < -0.3 is 14.6 Å². The van der Waals surface area contributed by atoms with E-state index in [0.29, 0.717) is 27.1 Å². The Morgan fingerprint density at radius 2 is 1.76 bits per heavy atom. The molecule has 0 fully saturated rings. The number of hydrogen-bond acceptors (Lipinski definition) is 5. The van der Waals surface area contributed by atoms with Gasteiger partial charge in [0.2, 0.25) is 0 Å². The first-order valence-electron chi connectivity index (χ1n) is 10.2. The van der Waals surface area contributed by atoms with E-state index in [1.54, 1.807) is 48.5 Å². The molecule has 2 N–H and O–H groups in total. The minimum atomic E-state index is -0.522. The van der Waals surface area contributed by atoms with Crippen LogP contribution < -0.4 is 14.9 Å². The van der Waals surface area contributed by atoms with E-state index in [4.69, 9.17) is 32.7 Å². The van der Waals surface area contributed by atoms with Crippen molar-refractivity contribution in [3.05, 3.63) is 99.5 Å². The Morgan fingerprint density at radius 1 is 1.00 bits per heavy atom. The number of carbonyl (C=O) groups is 1. The second-order valence-electron chi connectivity index (χ2n) is 7.35. The van der Waals surface area contributed by atoms with Crippen LogP contribution in [0.3, 0.4) is 0 Å². The van der Waals surface area contributed by atoms with Gasteiger partial charge in [-0.25, -0.2) is 5.43 Å². The number of methoxy groups -OCH3 is 1. The van der Waals surface area contributed by atoms with Gasteiger partial charge in [0.15, 0.2) is 11.5 Å². The molecule has 0 heterocycles. The summed E-state index contributed by atoms with van der Waals surface area (Å²) >= 11 is 12.1. The van der Waals surface area contributed by atoms with Crippen LogP contribution in [-0.4, -0.2) is 24.3 Å². The summed E-state index contributed by atoms with van der Waals surface area (Å²) in [4.78, 5) is 12.5. The first-order valence-corrected chi connectivity index (χ1v) is 11.0. The summed E-state index contributed by atoms with van der Waals surface area (Å²) in [6, 6.07) is 21.1. The summed E-state index contributed by atoms with van der Waals surface area (Å²) in [7, 11) is 1.53. The fraction of sp³-hybridized carbons (Fsp3) is 0.0769. The molecule has 0 saturated heterocycles. The highest BCUT2D eigenvalue weighted by molar-refractivity contribution is 6.35. The van der Waals surface area contributed by atoms with Crippen LogP contribution >= 0.6 is 23.2 Å². The lowest BCUT2D eigenvalue weighted by Crippen LogP contribution is -2.17. The molecule has 4 rings (SSSR count). The van der Waals surface area contributed by atoms with Crippen molar-refractivity contribution in [3.63, 3.8) is 0 Å². The van der Waals surface area contributed by atoms with Gasteiger partial charge in [-0.15, -0.1) is 0 Å². The minimum Gasteiger partial charge on any atom is -0.507 e. The molecular weight excluding hydrogens is 475 g/mol. The number of halogens is 2. The standard InChI is InChI=1S/C26H20Cl2N2O4/c1-33-25-10-16(6-9-24(25)34-15-19-7-8-20(27)13-22(19)28)14-29-30-26(32)21-11-17-4-2-3-5-18(17)12-23(21)31/h2-14,31H,15H2,1H3,(H,30,32). The molecule has 4 aromatic carbocycles. The number of nitrogens with zero attached hydrogens (tertiary/aromatic N) is 1. The maximum atomic E-state index is 12.5. The monoisotopic (exact) mass is 494 g/mol. The van der Waals surface area contributed by atoms with Crippen LogP contribution in [0.25, 0.3) is 10.8 Å². The van der Waals surface area contributed by atoms with Gasteiger partial charge in [-0.05, 0) is 58.8 Å². The zero-order valence-corrected chi connectivity index (χ0v) is 19.6. The zero-order chi connectivity index (χ0) is 24.1. The van der Waals surface area contributed by atoms with Gasteiger partial charge in [-0.3, -0.25) is 4.79 Å². The second-order valence-corrected chi connectivity index (χ2v) is 8.19.